The summed E-state index contributed by atoms with van der Waals surface area (Å²) in [6, 6.07) is 16.6. The van der Waals surface area contributed by atoms with Gasteiger partial charge in [0.15, 0.2) is 5.82 Å². The first-order valence-electron chi connectivity index (χ1n) is 9.06. The highest BCUT2D eigenvalue weighted by Gasteiger charge is 2.24. The van der Waals surface area contributed by atoms with Crippen molar-refractivity contribution in [2.45, 2.75) is 38.6 Å². The number of rotatable bonds is 3. The second-order valence-corrected chi connectivity index (χ2v) is 7.03. The molecule has 1 aliphatic heterocycles. The van der Waals surface area contributed by atoms with E-state index in [0.717, 1.165) is 35.2 Å². The molecule has 1 atom stereocenters. The number of fused-ring (bicyclic) bond motifs is 1. The van der Waals surface area contributed by atoms with Gasteiger partial charge in [0.2, 0.25) is 0 Å². The van der Waals surface area contributed by atoms with Crippen molar-refractivity contribution in [3.63, 3.8) is 0 Å². The standard InChI is InChI=1S/C21H22ClN3/c1-2-15-9-7-8-14-25(15)21-17-11-4-6-13-19(17)23-20(24-21)16-10-3-5-12-18(16)22/h3-6,10-13,15H,2,7-9,14H2,1H3. The molecule has 0 radical (unpaired) electrons. The molecule has 0 saturated carbocycles. The molecule has 1 fully saturated rings. The highest BCUT2D eigenvalue weighted by Crippen LogP contribution is 2.34. The van der Waals surface area contributed by atoms with E-state index in [-0.39, 0.29) is 0 Å². The lowest BCUT2D eigenvalue weighted by Crippen LogP contribution is -2.39. The summed E-state index contributed by atoms with van der Waals surface area (Å²) in [5.74, 6) is 1.76. The Bertz CT molecular complexity index is 893. The van der Waals surface area contributed by atoms with Gasteiger partial charge < -0.3 is 4.90 Å². The van der Waals surface area contributed by atoms with Crippen molar-refractivity contribution in [1.29, 1.82) is 0 Å². The maximum atomic E-state index is 6.41. The van der Waals surface area contributed by atoms with Crippen LogP contribution in [0.2, 0.25) is 5.02 Å². The number of hydrogen-bond donors (Lipinski definition) is 0. The van der Waals surface area contributed by atoms with Gasteiger partial charge in [-0.3, -0.25) is 0 Å². The second-order valence-electron chi connectivity index (χ2n) is 6.62. The molecule has 4 rings (SSSR count). The number of piperidine rings is 1. The number of para-hydroxylation sites is 1. The van der Waals surface area contributed by atoms with Crippen LogP contribution in [0.25, 0.3) is 22.3 Å². The Balaban J connectivity index is 1.92. The number of halogens is 1. The van der Waals surface area contributed by atoms with Gasteiger partial charge in [-0.15, -0.1) is 0 Å². The van der Waals surface area contributed by atoms with Crippen molar-refractivity contribution >= 4 is 28.3 Å². The molecule has 1 aromatic heterocycles. The summed E-state index contributed by atoms with van der Waals surface area (Å²) in [4.78, 5) is 12.3. The van der Waals surface area contributed by atoms with E-state index in [2.05, 4.69) is 30.0 Å². The fourth-order valence-corrected chi connectivity index (χ4v) is 3.97. The molecule has 1 saturated heterocycles. The summed E-state index contributed by atoms with van der Waals surface area (Å²) in [5.41, 5.74) is 1.86. The summed E-state index contributed by atoms with van der Waals surface area (Å²) in [5, 5.41) is 1.81. The number of aromatic nitrogens is 2. The Labute approximate surface area is 153 Å². The van der Waals surface area contributed by atoms with Gasteiger partial charge in [0, 0.05) is 23.5 Å². The molecule has 25 heavy (non-hydrogen) atoms. The molecule has 1 aliphatic rings. The topological polar surface area (TPSA) is 29.0 Å². The van der Waals surface area contributed by atoms with Gasteiger partial charge in [-0.2, -0.15) is 0 Å². The molecule has 1 unspecified atom stereocenters. The molecule has 4 heteroatoms. The van der Waals surface area contributed by atoms with E-state index >= 15 is 0 Å². The maximum absolute atomic E-state index is 6.41. The lowest BCUT2D eigenvalue weighted by atomic mass is 9.99. The Hall–Kier alpha value is -2.13. The van der Waals surface area contributed by atoms with Crippen molar-refractivity contribution in [2.75, 3.05) is 11.4 Å². The van der Waals surface area contributed by atoms with Crippen LogP contribution in [0.4, 0.5) is 5.82 Å². The number of nitrogens with zero attached hydrogens (tertiary/aromatic N) is 3. The fraction of sp³-hybridized carbons (Fsp3) is 0.333. The molecule has 0 bridgehead atoms. The summed E-state index contributed by atoms with van der Waals surface area (Å²) < 4.78 is 0. The molecule has 3 nitrogen and oxygen atoms in total. The van der Waals surface area contributed by atoms with Crippen molar-refractivity contribution in [2.24, 2.45) is 0 Å². The SMILES string of the molecule is CCC1CCCCN1c1nc(-c2ccccc2Cl)nc2ccccc12. The average molecular weight is 352 g/mol. The van der Waals surface area contributed by atoms with Crippen LogP contribution in [0.3, 0.4) is 0 Å². The number of hydrogen-bond acceptors (Lipinski definition) is 3. The minimum absolute atomic E-state index is 0.547. The van der Waals surface area contributed by atoms with Gasteiger partial charge in [-0.1, -0.05) is 42.8 Å². The van der Waals surface area contributed by atoms with E-state index in [1.807, 2.05) is 30.3 Å². The Morgan fingerprint density at radius 2 is 1.84 bits per heavy atom. The minimum Gasteiger partial charge on any atom is -0.353 e. The number of anilines is 1. The molecule has 0 aliphatic carbocycles. The molecule has 0 spiro atoms. The van der Waals surface area contributed by atoms with E-state index in [9.17, 15) is 0 Å². The highest BCUT2D eigenvalue weighted by molar-refractivity contribution is 6.33. The average Bonchev–Trinajstić information content (AvgIpc) is 2.67. The van der Waals surface area contributed by atoms with E-state index < -0.39 is 0 Å². The Morgan fingerprint density at radius 3 is 2.68 bits per heavy atom. The largest absolute Gasteiger partial charge is 0.353 e. The van der Waals surface area contributed by atoms with E-state index in [4.69, 9.17) is 21.6 Å². The summed E-state index contributed by atoms with van der Waals surface area (Å²) in [7, 11) is 0. The predicted molar refractivity (Wildman–Crippen MR) is 105 cm³/mol. The van der Waals surface area contributed by atoms with Crippen LogP contribution in [0.1, 0.15) is 32.6 Å². The van der Waals surface area contributed by atoms with E-state index in [1.54, 1.807) is 0 Å². The molecule has 2 aromatic carbocycles. The molecule has 2 heterocycles. The second kappa shape index (κ2) is 7.01. The van der Waals surface area contributed by atoms with E-state index in [1.165, 1.54) is 19.3 Å². The van der Waals surface area contributed by atoms with Gasteiger partial charge in [-0.05, 0) is 49.9 Å². The third-order valence-corrected chi connectivity index (χ3v) is 5.40. The van der Waals surface area contributed by atoms with Gasteiger partial charge in [0.05, 0.1) is 10.5 Å². The number of benzene rings is 2. The lowest BCUT2D eigenvalue weighted by Gasteiger charge is -2.37. The molecular formula is C21H22ClN3. The minimum atomic E-state index is 0.547. The van der Waals surface area contributed by atoms with Crippen LogP contribution < -0.4 is 4.90 Å². The molecule has 128 valence electrons. The van der Waals surface area contributed by atoms with Gasteiger partial charge in [-0.25, -0.2) is 9.97 Å². The van der Waals surface area contributed by atoms with Crippen molar-refractivity contribution in [1.82, 2.24) is 9.97 Å². The molecule has 0 amide bonds. The van der Waals surface area contributed by atoms with Crippen LogP contribution in [0.5, 0.6) is 0 Å². The third kappa shape index (κ3) is 3.09. The van der Waals surface area contributed by atoms with Crippen molar-refractivity contribution < 1.29 is 0 Å². The summed E-state index contributed by atoms with van der Waals surface area (Å²) in [6.07, 6.45) is 4.89. The van der Waals surface area contributed by atoms with Gasteiger partial charge in [0.25, 0.3) is 0 Å². The van der Waals surface area contributed by atoms with Crippen molar-refractivity contribution in [3.8, 4) is 11.4 Å². The molecule has 3 aromatic rings. The lowest BCUT2D eigenvalue weighted by molar-refractivity contribution is 0.448. The normalized spacial score (nSPS) is 17.8. The first-order valence-corrected chi connectivity index (χ1v) is 9.44. The van der Waals surface area contributed by atoms with Crippen LogP contribution in [0.15, 0.2) is 48.5 Å². The van der Waals surface area contributed by atoms with Crippen LogP contribution in [0, 0.1) is 0 Å². The maximum Gasteiger partial charge on any atom is 0.163 e. The zero-order valence-corrected chi connectivity index (χ0v) is 15.2. The third-order valence-electron chi connectivity index (χ3n) is 5.07. The molecular weight excluding hydrogens is 330 g/mol. The van der Waals surface area contributed by atoms with Gasteiger partial charge in [0.1, 0.15) is 5.82 Å². The Kier molecular flexibility index (Phi) is 4.58. The van der Waals surface area contributed by atoms with Crippen LogP contribution in [-0.4, -0.2) is 22.6 Å². The fourth-order valence-electron chi connectivity index (χ4n) is 3.75. The Morgan fingerprint density at radius 1 is 1.04 bits per heavy atom. The quantitative estimate of drug-likeness (QED) is 0.604. The van der Waals surface area contributed by atoms with Crippen molar-refractivity contribution in [3.05, 3.63) is 53.6 Å². The highest BCUT2D eigenvalue weighted by atomic mass is 35.5. The van der Waals surface area contributed by atoms with E-state index in [0.29, 0.717) is 16.9 Å². The summed E-state index contributed by atoms with van der Waals surface area (Å²) in [6.45, 7) is 3.32. The zero-order chi connectivity index (χ0) is 17.2. The monoisotopic (exact) mass is 351 g/mol. The first kappa shape index (κ1) is 16.3. The smallest absolute Gasteiger partial charge is 0.163 e. The van der Waals surface area contributed by atoms with Crippen LogP contribution in [-0.2, 0) is 0 Å². The first-order chi connectivity index (χ1) is 12.3. The predicted octanol–water partition coefficient (Wildman–Crippen LogP) is 5.72. The molecule has 0 N–H and O–H groups in total. The van der Waals surface area contributed by atoms with Crippen LogP contribution >= 0.6 is 11.6 Å². The van der Waals surface area contributed by atoms with Gasteiger partial charge >= 0.3 is 0 Å². The summed E-state index contributed by atoms with van der Waals surface area (Å²) >= 11 is 6.41. The zero-order valence-electron chi connectivity index (χ0n) is 14.5.